The fraction of sp³-hybridized carbons (Fsp3) is 0.550. The number of hydrogen-bond acceptors (Lipinski definition) is 4. The van der Waals surface area contributed by atoms with E-state index in [9.17, 15) is 9.59 Å². The average Bonchev–Trinajstić information content (AvgIpc) is 2.67. The predicted molar refractivity (Wildman–Crippen MR) is 107 cm³/mol. The van der Waals surface area contributed by atoms with Gasteiger partial charge in [0.2, 0.25) is 5.91 Å². The Bertz CT molecular complexity index is 812. The molecule has 0 spiro atoms. The molecule has 1 fully saturated rings. The molecule has 0 atom stereocenters. The average molecular weight is 374 g/mol. The second-order valence-corrected chi connectivity index (χ2v) is 7.81. The number of fused-ring (bicyclic) bond motifs is 1. The van der Waals surface area contributed by atoms with Gasteiger partial charge in [0.05, 0.1) is 16.7 Å². The lowest BCUT2D eigenvalue weighted by molar-refractivity contribution is -0.118. The molecule has 1 aromatic heterocycles. The van der Waals surface area contributed by atoms with Crippen molar-refractivity contribution < 1.29 is 4.79 Å². The zero-order valence-corrected chi connectivity index (χ0v) is 16.2. The van der Waals surface area contributed by atoms with Crippen LogP contribution in [-0.4, -0.2) is 27.8 Å². The maximum atomic E-state index is 13.1. The highest BCUT2D eigenvalue weighted by atomic mass is 32.2. The van der Waals surface area contributed by atoms with Crippen LogP contribution in [0.25, 0.3) is 10.9 Å². The molecule has 1 amide bonds. The number of aromatic nitrogens is 2. The van der Waals surface area contributed by atoms with E-state index in [0.717, 1.165) is 38.5 Å². The van der Waals surface area contributed by atoms with Gasteiger partial charge in [-0.15, -0.1) is 0 Å². The van der Waals surface area contributed by atoms with Gasteiger partial charge in [0.15, 0.2) is 5.16 Å². The van der Waals surface area contributed by atoms with E-state index in [-0.39, 0.29) is 17.5 Å². The normalized spacial score (nSPS) is 15.3. The van der Waals surface area contributed by atoms with E-state index < -0.39 is 0 Å². The number of amides is 1. The number of carbonyl (C=O) groups excluding carboxylic acids is 1. The minimum absolute atomic E-state index is 0.000974. The van der Waals surface area contributed by atoms with Crippen LogP contribution in [0.5, 0.6) is 0 Å². The number of unbranched alkanes of at least 4 members (excludes halogenated alkanes) is 1. The largest absolute Gasteiger partial charge is 0.355 e. The van der Waals surface area contributed by atoms with E-state index in [1.165, 1.54) is 18.2 Å². The van der Waals surface area contributed by atoms with Crippen LogP contribution >= 0.6 is 11.8 Å². The maximum Gasteiger partial charge on any atom is 0.262 e. The molecule has 1 aromatic carbocycles. The summed E-state index contributed by atoms with van der Waals surface area (Å²) in [5.74, 6) is 0.294. The van der Waals surface area contributed by atoms with E-state index in [2.05, 4.69) is 12.2 Å². The van der Waals surface area contributed by atoms with Crippen molar-refractivity contribution in [1.29, 1.82) is 0 Å². The third-order valence-electron chi connectivity index (χ3n) is 4.90. The van der Waals surface area contributed by atoms with Crippen LogP contribution in [0.1, 0.15) is 57.9 Å². The molecular weight excluding hydrogens is 346 g/mol. The van der Waals surface area contributed by atoms with Gasteiger partial charge >= 0.3 is 0 Å². The maximum absolute atomic E-state index is 13.1. The summed E-state index contributed by atoms with van der Waals surface area (Å²) in [7, 11) is 0. The highest BCUT2D eigenvalue weighted by Crippen LogP contribution is 2.30. The van der Waals surface area contributed by atoms with Crippen molar-refractivity contribution in [2.75, 3.05) is 12.3 Å². The smallest absolute Gasteiger partial charge is 0.262 e. The second kappa shape index (κ2) is 9.21. The lowest BCUT2D eigenvalue weighted by atomic mass is 9.95. The van der Waals surface area contributed by atoms with Crippen LogP contribution < -0.4 is 10.9 Å². The van der Waals surface area contributed by atoms with Gasteiger partial charge in [-0.3, -0.25) is 14.2 Å². The van der Waals surface area contributed by atoms with Crippen molar-refractivity contribution in [3.05, 3.63) is 34.6 Å². The van der Waals surface area contributed by atoms with Gasteiger partial charge < -0.3 is 5.32 Å². The first-order valence-corrected chi connectivity index (χ1v) is 10.6. The molecular formula is C20H27N3O2S. The van der Waals surface area contributed by atoms with E-state index in [0.29, 0.717) is 28.4 Å². The number of para-hydroxylation sites is 1. The van der Waals surface area contributed by atoms with Gasteiger partial charge in [0.1, 0.15) is 0 Å². The first-order valence-electron chi connectivity index (χ1n) is 9.61. The predicted octanol–water partition coefficient (Wildman–Crippen LogP) is 3.91. The number of benzene rings is 1. The molecule has 0 unspecified atom stereocenters. The Kier molecular flexibility index (Phi) is 6.72. The van der Waals surface area contributed by atoms with E-state index in [1.807, 2.05) is 28.8 Å². The molecule has 2 aromatic rings. The molecule has 0 radical (unpaired) electrons. The lowest BCUT2D eigenvalue weighted by Gasteiger charge is -2.26. The Hall–Kier alpha value is -1.82. The van der Waals surface area contributed by atoms with Crippen LogP contribution in [0.15, 0.2) is 34.2 Å². The fourth-order valence-corrected chi connectivity index (χ4v) is 4.37. The van der Waals surface area contributed by atoms with Crippen LogP contribution in [0.2, 0.25) is 0 Å². The molecule has 1 aliphatic carbocycles. The Morgan fingerprint density at radius 2 is 2.04 bits per heavy atom. The summed E-state index contributed by atoms with van der Waals surface area (Å²) in [6.07, 6.45) is 7.58. The highest BCUT2D eigenvalue weighted by molar-refractivity contribution is 7.99. The van der Waals surface area contributed by atoms with Gasteiger partial charge in [0, 0.05) is 12.6 Å². The Morgan fingerprint density at radius 1 is 1.27 bits per heavy atom. The molecule has 26 heavy (non-hydrogen) atoms. The summed E-state index contributed by atoms with van der Waals surface area (Å²) in [5, 5.41) is 4.26. The topological polar surface area (TPSA) is 64.0 Å². The van der Waals surface area contributed by atoms with Crippen molar-refractivity contribution in [3.63, 3.8) is 0 Å². The van der Waals surface area contributed by atoms with Crippen molar-refractivity contribution in [2.45, 2.75) is 63.1 Å². The lowest BCUT2D eigenvalue weighted by Crippen LogP contribution is -2.30. The minimum atomic E-state index is 0.000974. The number of rotatable bonds is 7. The van der Waals surface area contributed by atoms with Crippen molar-refractivity contribution >= 4 is 28.6 Å². The van der Waals surface area contributed by atoms with Gasteiger partial charge in [-0.2, -0.15) is 0 Å². The number of nitrogens with zero attached hydrogens (tertiary/aromatic N) is 2. The molecule has 1 saturated carbocycles. The van der Waals surface area contributed by atoms with E-state index in [1.54, 1.807) is 0 Å². The molecule has 6 heteroatoms. The first-order chi connectivity index (χ1) is 12.7. The van der Waals surface area contributed by atoms with Crippen molar-refractivity contribution in [3.8, 4) is 0 Å². The molecule has 5 nitrogen and oxygen atoms in total. The van der Waals surface area contributed by atoms with Gasteiger partial charge in [0.25, 0.3) is 5.56 Å². The quantitative estimate of drug-likeness (QED) is 0.454. The second-order valence-electron chi connectivity index (χ2n) is 6.87. The number of carbonyl (C=O) groups is 1. The summed E-state index contributed by atoms with van der Waals surface area (Å²) < 4.78 is 1.85. The van der Waals surface area contributed by atoms with Gasteiger partial charge in [-0.1, -0.05) is 56.5 Å². The highest BCUT2D eigenvalue weighted by Gasteiger charge is 2.22. The first kappa shape index (κ1) is 19.0. The van der Waals surface area contributed by atoms with Crippen LogP contribution in [0.4, 0.5) is 0 Å². The SMILES string of the molecule is CCCCNC(=O)CSc1nc2ccccc2c(=O)n1C1CCCCC1. The van der Waals surface area contributed by atoms with Crippen LogP contribution in [0.3, 0.4) is 0 Å². The van der Waals surface area contributed by atoms with Gasteiger partial charge in [-0.25, -0.2) is 4.98 Å². The third kappa shape index (κ3) is 4.47. The molecule has 140 valence electrons. The zero-order valence-electron chi connectivity index (χ0n) is 15.4. The Balaban J connectivity index is 1.87. The molecule has 1 aliphatic rings. The molecule has 3 rings (SSSR count). The van der Waals surface area contributed by atoms with Gasteiger partial charge in [-0.05, 0) is 31.4 Å². The Morgan fingerprint density at radius 3 is 2.81 bits per heavy atom. The standard InChI is InChI=1S/C20H27N3O2S/c1-2-3-13-21-18(24)14-26-20-22-17-12-8-7-11-16(17)19(25)23(20)15-9-5-4-6-10-15/h7-8,11-12,15H,2-6,9-10,13-14H2,1H3,(H,21,24). The summed E-state index contributed by atoms with van der Waals surface area (Å²) in [5.41, 5.74) is 0.731. The van der Waals surface area contributed by atoms with Crippen molar-refractivity contribution in [2.24, 2.45) is 0 Å². The van der Waals surface area contributed by atoms with E-state index >= 15 is 0 Å². The monoisotopic (exact) mass is 373 g/mol. The summed E-state index contributed by atoms with van der Waals surface area (Å²) in [6.45, 7) is 2.80. The molecule has 0 aliphatic heterocycles. The number of thioether (sulfide) groups is 1. The van der Waals surface area contributed by atoms with Crippen molar-refractivity contribution in [1.82, 2.24) is 14.9 Å². The molecule has 1 heterocycles. The summed E-state index contributed by atoms with van der Waals surface area (Å²) in [4.78, 5) is 29.9. The van der Waals surface area contributed by atoms with Crippen LogP contribution in [-0.2, 0) is 4.79 Å². The molecule has 0 saturated heterocycles. The third-order valence-corrected chi connectivity index (χ3v) is 5.85. The summed E-state index contributed by atoms with van der Waals surface area (Å²) in [6, 6.07) is 7.68. The summed E-state index contributed by atoms with van der Waals surface area (Å²) >= 11 is 1.38. The molecule has 0 bridgehead atoms. The van der Waals surface area contributed by atoms with Crippen LogP contribution in [0, 0.1) is 0 Å². The number of nitrogens with one attached hydrogen (secondary N) is 1. The van der Waals surface area contributed by atoms with E-state index in [4.69, 9.17) is 4.98 Å². The zero-order chi connectivity index (χ0) is 18.4. The number of hydrogen-bond donors (Lipinski definition) is 1. The fourth-order valence-electron chi connectivity index (χ4n) is 3.47. The Labute approximate surface area is 158 Å². The minimum Gasteiger partial charge on any atom is -0.355 e. The molecule has 1 N–H and O–H groups in total.